The van der Waals surface area contributed by atoms with Crippen molar-refractivity contribution in [2.75, 3.05) is 0 Å². The molecule has 2 aromatic carbocycles. The summed E-state index contributed by atoms with van der Waals surface area (Å²) in [6.45, 7) is 16.1. The summed E-state index contributed by atoms with van der Waals surface area (Å²) in [6, 6.07) is 20.4. The number of hydrogen-bond acceptors (Lipinski definition) is 2. The lowest BCUT2D eigenvalue weighted by molar-refractivity contribution is 0.405. The molecule has 1 unspecified atom stereocenters. The fraction of sp³-hybridized carbons (Fsp3) is 0.520. The third kappa shape index (κ3) is 6.96. The van der Waals surface area contributed by atoms with Gasteiger partial charge in [-0.15, -0.1) is 0 Å². The molecular weight excluding hydrogens is 448 g/mol. The van der Waals surface area contributed by atoms with Crippen LogP contribution in [0.5, 0.6) is 0 Å². The van der Waals surface area contributed by atoms with Gasteiger partial charge in [-0.1, -0.05) is 73.9 Å². The Morgan fingerprint density at radius 1 is 0.677 bits per heavy atom. The molecule has 1 aliphatic rings. The van der Waals surface area contributed by atoms with Gasteiger partial charge in [-0.25, -0.2) is 0 Å². The van der Waals surface area contributed by atoms with E-state index in [1.54, 1.807) is 0 Å². The zero-order valence-electron chi connectivity index (χ0n) is 20.6. The van der Waals surface area contributed by atoms with Crippen molar-refractivity contribution in [3.63, 3.8) is 0 Å². The molecule has 2 nitrogen and oxygen atoms in total. The van der Waals surface area contributed by atoms with E-state index in [4.69, 9.17) is 8.23 Å². The minimum Gasteiger partial charge on any atom is -0.433 e. The van der Waals surface area contributed by atoms with E-state index in [0.717, 1.165) is 5.66 Å². The van der Waals surface area contributed by atoms with Crippen LogP contribution in [-0.2, 0) is 8.23 Å². The Balaban J connectivity index is 2.15. The van der Waals surface area contributed by atoms with Crippen molar-refractivity contribution < 1.29 is 8.23 Å². The van der Waals surface area contributed by atoms with Crippen LogP contribution in [0.4, 0.5) is 0 Å². The normalized spacial score (nSPS) is 17.5. The maximum Gasteiger partial charge on any atom is 0.349 e. The van der Waals surface area contributed by atoms with E-state index < -0.39 is 33.1 Å². The first-order valence-corrected chi connectivity index (χ1v) is 22.4. The van der Waals surface area contributed by atoms with Gasteiger partial charge in [0.25, 0.3) is 0 Å². The first-order valence-electron chi connectivity index (χ1n) is 11.8. The van der Waals surface area contributed by atoms with E-state index >= 15 is 0 Å². The summed E-state index contributed by atoms with van der Waals surface area (Å²) in [5.74, 6) is 0. The monoisotopic (exact) mass is 488 g/mol. The average Bonchev–Trinajstić information content (AvgIpc) is 2.67. The molecule has 0 aliphatic heterocycles. The van der Waals surface area contributed by atoms with Crippen LogP contribution in [0.3, 0.4) is 0 Å². The Hall–Kier alpha value is -0.559. The van der Waals surface area contributed by atoms with Crippen LogP contribution in [0.15, 0.2) is 54.6 Å². The SMILES string of the molecule is C[Si](C)(C)O[Si](C)(O[Si](C)(C)C)c1ccccc1P(c1ccccc1)C1CCCCC1. The fourth-order valence-corrected chi connectivity index (χ4v) is 20.6. The van der Waals surface area contributed by atoms with Gasteiger partial charge in [-0.2, -0.15) is 0 Å². The van der Waals surface area contributed by atoms with Crippen LogP contribution in [-0.4, -0.2) is 30.9 Å². The lowest BCUT2D eigenvalue weighted by Gasteiger charge is -2.41. The molecule has 1 fully saturated rings. The van der Waals surface area contributed by atoms with Crippen LogP contribution in [0.25, 0.3) is 0 Å². The molecule has 0 spiro atoms. The summed E-state index contributed by atoms with van der Waals surface area (Å²) < 4.78 is 14.0. The zero-order valence-corrected chi connectivity index (χ0v) is 24.5. The molecule has 170 valence electrons. The van der Waals surface area contributed by atoms with Crippen molar-refractivity contribution in [3.05, 3.63) is 54.6 Å². The van der Waals surface area contributed by atoms with Crippen molar-refractivity contribution in [2.24, 2.45) is 0 Å². The highest BCUT2D eigenvalue weighted by molar-refractivity contribution is 7.74. The molecule has 0 N–H and O–H groups in total. The molecule has 0 heterocycles. The number of rotatable bonds is 8. The van der Waals surface area contributed by atoms with E-state index in [9.17, 15) is 0 Å². The van der Waals surface area contributed by atoms with Crippen molar-refractivity contribution in [2.45, 2.75) is 83.6 Å². The highest BCUT2D eigenvalue weighted by Gasteiger charge is 2.45. The smallest absolute Gasteiger partial charge is 0.349 e. The lowest BCUT2D eigenvalue weighted by Crippen LogP contribution is -2.63. The molecule has 0 saturated heterocycles. The third-order valence-corrected chi connectivity index (χ3v) is 18.3. The Labute approximate surface area is 195 Å². The molecule has 0 radical (unpaired) electrons. The Kier molecular flexibility index (Phi) is 8.21. The fourth-order valence-electron chi connectivity index (χ4n) is 4.84. The second kappa shape index (κ2) is 10.1. The van der Waals surface area contributed by atoms with Gasteiger partial charge in [0.2, 0.25) is 0 Å². The molecule has 1 atom stereocenters. The van der Waals surface area contributed by atoms with Crippen LogP contribution in [0, 0.1) is 0 Å². The third-order valence-electron chi connectivity index (χ3n) is 5.63. The molecule has 1 saturated carbocycles. The van der Waals surface area contributed by atoms with Gasteiger partial charge in [-0.05, 0) is 82.9 Å². The van der Waals surface area contributed by atoms with Gasteiger partial charge in [0.1, 0.15) is 0 Å². The van der Waals surface area contributed by atoms with Crippen LogP contribution in [0.1, 0.15) is 32.1 Å². The summed E-state index contributed by atoms with van der Waals surface area (Å²) >= 11 is 0. The van der Waals surface area contributed by atoms with Crippen LogP contribution >= 0.6 is 7.92 Å². The molecule has 0 bridgehead atoms. The van der Waals surface area contributed by atoms with Gasteiger partial charge in [0, 0.05) is 5.19 Å². The van der Waals surface area contributed by atoms with Crippen molar-refractivity contribution in [3.8, 4) is 0 Å². The van der Waals surface area contributed by atoms with E-state index in [1.165, 1.54) is 47.9 Å². The molecule has 3 rings (SSSR count). The number of hydrogen-bond donors (Lipinski definition) is 0. The summed E-state index contributed by atoms with van der Waals surface area (Å²) in [5.41, 5.74) is 0.754. The predicted octanol–water partition coefficient (Wildman–Crippen LogP) is 6.43. The summed E-state index contributed by atoms with van der Waals surface area (Å²) in [4.78, 5) is 0. The largest absolute Gasteiger partial charge is 0.433 e. The van der Waals surface area contributed by atoms with Gasteiger partial charge >= 0.3 is 8.56 Å². The Morgan fingerprint density at radius 2 is 1.19 bits per heavy atom. The molecule has 31 heavy (non-hydrogen) atoms. The first-order chi connectivity index (χ1) is 14.5. The summed E-state index contributed by atoms with van der Waals surface area (Å²) in [6.07, 6.45) is 6.81. The lowest BCUT2D eigenvalue weighted by atomic mass is 10.0. The average molecular weight is 489 g/mol. The quantitative estimate of drug-likeness (QED) is 0.315. The maximum atomic E-state index is 7.00. The topological polar surface area (TPSA) is 18.5 Å². The van der Waals surface area contributed by atoms with Crippen molar-refractivity contribution in [1.29, 1.82) is 0 Å². The molecule has 6 heteroatoms. The molecule has 0 aromatic heterocycles. The predicted molar refractivity (Wildman–Crippen MR) is 146 cm³/mol. The summed E-state index contributed by atoms with van der Waals surface area (Å²) in [7, 11) is -6.56. The zero-order chi connectivity index (χ0) is 22.7. The van der Waals surface area contributed by atoms with E-state index in [0.29, 0.717) is 0 Å². The van der Waals surface area contributed by atoms with Gasteiger partial charge in [0.05, 0.1) is 0 Å². The Bertz CT molecular complexity index is 824. The standard InChI is InChI=1S/C25H41O2PSi3/c1-29(2,3)26-31(7,27-30(4,5)6)25-21-15-14-20-24(25)28(22-16-10-8-11-17-22)23-18-12-9-13-19-23/h8,10-11,14-17,20-21,23H,9,12-13,18-19H2,1-7H3. The first kappa shape index (κ1) is 25.1. The molecule has 1 aliphatic carbocycles. The summed E-state index contributed by atoms with van der Waals surface area (Å²) in [5, 5.41) is 4.41. The van der Waals surface area contributed by atoms with E-state index in [-0.39, 0.29) is 0 Å². The van der Waals surface area contributed by atoms with Gasteiger partial charge in [-0.3, -0.25) is 0 Å². The number of benzene rings is 2. The minimum atomic E-state index is -2.56. The molecule has 2 aromatic rings. The van der Waals surface area contributed by atoms with Crippen molar-refractivity contribution in [1.82, 2.24) is 0 Å². The highest BCUT2D eigenvalue weighted by atomic mass is 31.1. The maximum absolute atomic E-state index is 7.00. The van der Waals surface area contributed by atoms with E-state index in [1.807, 2.05) is 0 Å². The second-order valence-corrected chi connectivity index (χ2v) is 25.9. The van der Waals surface area contributed by atoms with Crippen LogP contribution < -0.4 is 15.8 Å². The highest BCUT2D eigenvalue weighted by Crippen LogP contribution is 2.46. The van der Waals surface area contributed by atoms with E-state index in [2.05, 4.69) is 100 Å². The van der Waals surface area contributed by atoms with Crippen molar-refractivity contribution >= 4 is 48.9 Å². The van der Waals surface area contributed by atoms with Gasteiger partial charge in [0.15, 0.2) is 16.6 Å². The van der Waals surface area contributed by atoms with Crippen LogP contribution in [0.2, 0.25) is 45.8 Å². The van der Waals surface area contributed by atoms with Gasteiger partial charge < -0.3 is 8.23 Å². The molecule has 0 amide bonds. The Morgan fingerprint density at radius 3 is 1.74 bits per heavy atom. The second-order valence-electron chi connectivity index (χ2n) is 10.9. The minimum absolute atomic E-state index is 0.432. The molecular formula is C25H41O2PSi3.